The van der Waals surface area contributed by atoms with Crippen LogP contribution in [0.1, 0.15) is 38.6 Å². The summed E-state index contributed by atoms with van der Waals surface area (Å²) in [4.78, 5) is 6.97. The average Bonchev–Trinajstić information content (AvgIpc) is 3.05. The van der Waals surface area contributed by atoms with Gasteiger partial charge in [-0.05, 0) is 37.3 Å². The van der Waals surface area contributed by atoms with Crippen molar-refractivity contribution in [2.75, 3.05) is 26.2 Å². The molecule has 0 saturated carbocycles. The van der Waals surface area contributed by atoms with Gasteiger partial charge >= 0.3 is 0 Å². The number of rotatable bonds is 7. The standard InChI is InChI=1S/C16H30N4S/c1-16(2,3)13-9-14(20(12-13)7-4-5-17)10-18-11-15-19-6-8-21-15/h6,8,13-14,18H,4-5,7,9-12,17H2,1-3H3. The molecule has 1 aliphatic rings. The van der Waals surface area contributed by atoms with Crippen molar-refractivity contribution < 1.29 is 0 Å². The van der Waals surface area contributed by atoms with Gasteiger partial charge in [-0.3, -0.25) is 4.90 Å². The van der Waals surface area contributed by atoms with E-state index in [4.69, 9.17) is 5.73 Å². The van der Waals surface area contributed by atoms with Gasteiger partial charge in [-0.25, -0.2) is 4.98 Å². The number of nitrogens with zero attached hydrogens (tertiary/aromatic N) is 2. The van der Waals surface area contributed by atoms with E-state index < -0.39 is 0 Å². The van der Waals surface area contributed by atoms with Gasteiger partial charge in [-0.15, -0.1) is 11.3 Å². The van der Waals surface area contributed by atoms with E-state index in [0.29, 0.717) is 11.5 Å². The van der Waals surface area contributed by atoms with Crippen LogP contribution in [0.2, 0.25) is 0 Å². The smallest absolute Gasteiger partial charge is 0.106 e. The summed E-state index contributed by atoms with van der Waals surface area (Å²) < 4.78 is 0. The van der Waals surface area contributed by atoms with E-state index >= 15 is 0 Å². The Morgan fingerprint density at radius 1 is 1.48 bits per heavy atom. The van der Waals surface area contributed by atoms with Gasteiger partial charge in [0.15, 0.2) is 0 Å². The van der Waals surface area contributed by atoms with E-state index in [1.807, 2.05) is 11.6 Å². The van der Waals surface area contributed by atoms with Crippen LogP contribution in [0.15, 0.2) is 11.6 Å². The highest BCUT2D eigenvalue weighted by Crippen LogP contribution is 2.36. The first-order valence-corrected chi connectivity index (χ1v) is 8.92. The molecule has 120 valence electrons. The minimum atomic E-state index is 0.394. The van der Waals surface area contributed by atoms with Crippen LogP contribution in [-0.2, 0) is 6.54 Å². The van der Waals surface area contributed by atoms with Gasteiger partial charge in [0, 0.05) is 37.3 Å². The van der Waals surface area contributed by atoms with Gasteiger partial charge in [-0.2, -0.15) is 0 Å². The lowest BCUT2D eigenvalue weighted by Crippen LogP contribution is -2.38. The molecule has 0 aliphatic carbocycles. The molecule has 4 nitrogen and oxygen atoms in total. The predicted molar refractivity (Wildman–Crippen MR) is 90.4 cm³/mol. The fourth-order valence-electron chi connectivity index (χ4n) is 3.08. The van der Waals surface area contributed by atoms with E-state index in [0.717, 1.165) is 38.5 Å². The molecule has 1 aromatic heterocycles. The molecule has 1 fully saturated rings. The lowest BCUT2D eigenvalue weighted by molar-refractivity contribution is 0.216. The van der Waals surface area contributed by atoms with E-state index in [-0.39, 0.29) is 0 Å². The van der Waals surface area contributed by atoms with Crippen molar-refractivity contribution in [1.82, 2.24) is 15.2 Å². The second kappa shape index (κ2) is 7.68. The summed E-state index contributed by atoms with van der Waals surface area (Å²) in [5, 5.41) is 6.80. The first-order chi connectivity index (χ1) is 10.0. The maximum absolute atomic E-state index is 5.69. The third-order valence-electron chi connectivity index (χ3n) is 4.54. The Balaban J connectivity index is 1.84. The number of likely N-dealkylation sites (tertiary alicyclic amines) is 1. The van der Waals surface area contributed by atoms with E-state index in [2.05, 4.69) is 36.0 Å². The molecule has 3 N–H and O–H groups in total. The maximum atomic E-state index is 5.69. The molecule has 0 radical (unpaired) electrons. The summed E-state index contributed by atoms with van der Waals surface area (Å²) in [6.07, 6.45) is 4.26. The molecular weight excluding hydrogens is 280 g/mol. The third kappa shape index (κ3) is 5.02. The van der Waals surface area contributed by atoms with Crippen LogP contribution < -0.4 is 11.1 Å². The maximum Gasteiger partial charge on any atom is 0.106 e. The largest absolute Gasteiger partial charge is 0.330 e. The van der Waals surface area contributed by atoms with Crippen LogP contribution in [0.25, 0.3) is 0 Å². The van der Waals surface area contributed by atoms with Gasteiger partial charge in [-0.1, -0.05) is 20.8 Å². The van der Waals surface area contributed by atoms with E-state index in [1.165, 1.54) is 18.0 Å². The first kappa shape index (κ1) is 16.9. The molecule has 2 heterocycles. The summed E-state index contributed by atoms with van der Waals surface area (Å²) in [5.74, 6) is 0.780. The molecule has 0 spiro atoms. The Hall–Kier alpha value is -0.490. The number of hydrogen-bond acceptors (Lipinski definition) is 5. The van der Waals surface area contributed by atoms with Crippen molar-refractivity contribution in [3.05, 3.63) is 16.6 Å². The number of nitrogens with one attached hydrogen (secondary N) is 1. The number of nitrogens with two attached hydrogens (primary N) is 1. The molecule has 1 aliphatic heterocycles. The zero-order valence-electron chi connectivity index (χ0n) is 13.6. The highest BCUT2D eigenvalue weighted by Gasteiger charge is 2.37. The Bertz CT molecular complexity index is 399. The van der Waals surface area contributed by atoms with Crippen molar-refractivity contribution in [3.63, 3.8) is 0 Å². The lowest BCUT2D eigenvalue weighted by Gasteiger charge is -2.27. The highest BCUT2D eigenvalue weighted by atomic mass is 32.1. The van der Waals surface area contributed by atoms with E-state index in [1.54, 1.807) is 11.3 Å². The zero-order valence-corrected chi connectivity index (χ0v) is 14.5. The van der Waals surface area contributed by atoms with Crippen LogP contribution >= 0.6 is 11.3 Å². The van der Waals surface area contributed by atoms with Crippen molar-refractivity contribution in [2.45, 2.75) is 46.2 Å². The van der Waals surface area contributed by atoms with E-state index in [9.17, 15) is 0 Å². The summed E-state index contributed by atoms with van der Waals surface area (Å²) >= 11 is 1.72. The Labute approximate surface area is 133 Å². The number of aromatic nitrogens is 1. The third-order valence-corrected chi connectivity index (χ3v) is 5.32. The second-order valence-electron chi connectivity index (χ2n) is 7.15. The first-order valence-electron chi connectivity index (χ1n) is 8.04. The van der Waals surface area contributed by atoms with Crippen LogP contribution in [0.5, 0.6) is 0 Å². The van der Waals surface area contributed by atoms with Gasteiger partial charge < -0.3 is 11.1 Å². The summed E-state index contributed by atoms with van der Waals surface area (Å²) in [5.41, 5.74) is 6.08. The summed E-state index contributed by atoms with van der Waals surface area (Å²) in [6.45, 7) is 12.2. The quantitative estimate of drug-likeness (QED) is 0.811. The Kier molecular flexibility index (Phi) is 6.17. The van der Waals surface area contributed by atoms with Crippen LogP contribution in [0.3, 0.4) is 0 Å². The summed E-state index contributed by atoms with van der Waals surface area (Å²) in [7, 11) is 0. The molecule has 21 heavy (non-hydrogen) atoms. The van der Waals surface area contributed by atoms with Gasteiger partial charge in [0.25, 0.3) is 0 Å². The zero-order chi connectivity index (χ0) is 15.3. The van der Waals surface area contributed by atoms with Crippen molar-refractivity contribution in [3.8, 4) is 0 Å². The number of hydrogen-bond donors (Lipinski definition) is 2. The minimum absolute atomic E-state index is 0.394. The molecule has 1 saturated heterocycles. The van der Waals surface area contributed by atoms with Crippen molar-refractivity contribution >= 4 is 11.3 Å². The van der Waals surface area contributed by atoms with Gasteiger partial charge in [0.1, 0.15) is 5.01 Å². The lowest BCUT2D eigenvalue weighted by atomic mass is 9.79. The summed E-state index contributed by atoms with van der Waals surface area (Å²) in [6, 6.07) is 0.640. The Morgan fingerprint density at radius 3 is 2.90 bits per heavy atom. The van der Waals surface area contributed by atoms with Crippen molar-refractivity contribution in [2.24, 2.45) is 17.1 Å². The van der Waals surface area contributed by atoms with Crippen molar-refractivity contribution in [1.29, 1.82) is 0 Å². The molecular formula is C16H30N4S. The molecule has 2 rings (SSSR count). The molecule has 5 heteroatoms. The fraction of sp³-hybridized carbons (Fsp3) is 0.812. The Morgan fingerprint density at radius 2 is 2.29 bits per heavy atom. The predicted octanol–water partition coefficient (Wildman–Crippen LogP) is 2.32. The highest BCUT2D eigenvalue weighted by molar-refractivity contribution is 7.09. The minimum Gasteiger partial charge on any atom is -0.330 e. The number of thiazole rings is 1. The second-order valence-corrected chi connectivity index (χ2v) is 8.13. The molecule has 2 unspecified atom stereocenters. The molecule has 0 amide bonds. The van der Waals surface area contributed by atoms with Crippen LogP contribution in [0, 0.1) is 11.3 Å². The topological polar surface area (TPSA) is 54.2 Å². The van der Waals surface area contributed by atoms with Crippen LogP contribution in [0.4, 0.5) is 0 Å². The SMILES string of the molecule is CC(C)(C)C1CC(CNCc2nccs2)N(CCCN)C1. The van der Waals surface area contributed by atoms with Gasteiger partial charge in [0.05, 0.1) is 0 Å². The molecule has 0 aromatic carbocycles. The fourth-order valence-corrected chi connectivity index (χ4v) is 3.66. The molecule has 2 atom stereocenters. The van der Waals surface area contributed by atoms with Crippen LogP contribution in [-0.4, -0.2) is 42.1 Å². The monoisotopic (exact) mass is 310 g/mol. The molecule has 1 aromatic rings. The van der Waals surface area contributed by atoms with Gasteiger partial charge in [0.2, 0.25) is 0 Å². The molecule has 0 bridgehead atoms. The average molecular weight is 311 g/mol. The normalized spacial score (nSPS) is 23.8.